The molecule has 69 heteroatoms. The number of nitrogens with two attached hydrogens (primary N) is 5. The van der Waals surface area contributed by atoms with Crippen molar-refractivity contribution in [2.45, 2.75) is 182 Å². The average molecular weight is 2200 g/mol. The Hall–Kier alpha value is -7.97. The summed E-state index contributed by atoms with van der Waals surface area (Å²) in [5, 5.41) is 11.8. The van der Waals surface area contributed by atoms with Crippen molar-refractivity contribution in [2.75, 3.05) is 163 Å². The molecule has 6 aliphatic heterocycles. The van der Waals surface area contributed by atoms with E-state index in [-0.39, 0.29) is 128 Å². The van der Waals surface area contributed by atoms with Crippen LogP contribution in [0.2, 0.25) is 0 Å². The van der Waals surface area contributed by atoms with Crippen LogP contribution in [0.25, 0.3) is 33.5 Å². The molecular weight excluding hydrogens is 2090 g/mol. The minimum atomic E-state index is -6.15. The first-order chi connectivity index (χ1) is 69.0. The number of methoxy groups -OCH3 is 5. The molecule has 9 aromatic heterocycles. The second kappa shape index (κ2) is 47.7. The number of phosphoric ester groups is 2. The number of hydrogen-bond donors (Lipinski definition) is 8. The van der Waals surface area contributed by atoms with Gasteiger partial charge >= 0.3 is 17.1 Å². The van der Waals surface area contributed by atoms with Gasteiger partial charge in [-0.1, -0.05) is 23.6 Å². The Morgan fingerprint density at radius 3 is 1.35 bits per heavy atom. The van der Waals surface area contributed by atoms with Gasteiger partial charge in [0.1, 0.15) is 134 Å². The van der Waals surface area contributed by atoms with Crippen molar-refractivity contribution in [2.24, 2.45) is 0 Å². The van der Waals surface area contributed by atoms with Gasteiger partial charge in [-0.25, -0.2) is 49.3 Å². The number of hydrogen-bond acceptors (Lipinski definition) is 56. The predicted octanol–water partition coefficient (Wildman–Crippen LogP) is -3.76. The summed E-state index contributed by atoms with van der Waals surface area (Å²) in [5.74, 6) is -0.840. The van der Waals surface area contributed by atoms with Crippen molar-refractivity contribution >= 4 is 134 Å². The monoisotopic (exact) mass is 2200 g/mol. The van der Waals surface area contributed by atoms with E-state index >= 15 is 23.8 Å². The molecule has 61 nitrogen and oxygen atoms in total. The van der Waals surface area contributed by atoms with Gasteiger partial charge in [-0.15, -0.1) is 0 Å². The van der Waals surface area contributed by atoms with E-state index in [1.165, 1.54) is 92.3 Å². The standard InChI is InChI=1S/C76H110N23O38P5S3/c1-35-23-94(74(103)89-59(35)77)69-55(119-17-12-114-6)50(39(128-69)10-21-138(106,143)133-40-22-45(127-38(40)4)97-32-86-46-61(79)82-30-84-63(46)97)134-139(107,108)123-28-43-53(58(122-20-15-117-9)71(131-43)98-33-87-47-62(80)83-31-85-64(47)98)137-142(112,145)126-29-44-51(56(120-18-13-115-7)72(132-44)99-34-88-48-65(99)91-73(81)92-67(48)102)135-140(109,110)124-27-42-52(57(121-19-14-116-8)70(130-42)95-24-36(2)60(78)90-75(95)104)136-141(111,144)125-26-41-49(100)54(118-16-11-113-5)68(129-41)96-25-37(3)66(101)93-76(96)105/h23-25,30-34,38-45,49-58,68-72,100H,10-22,26-29H2,1-9H3,(H,106,143)(H,107,108)(H,109,110)(H,111,144)(H,112,145)(H2,77,89,103)(H2,78,90,104)(H2,79,82,84)(H2,80,83,85)(H,93,101,105)(H3,81,91,92,102)/p-5/t38-,39-,40?,41-,42-,43-,44-,45-,49?,50?,51?,52?,53?,54+,55+,56+,57+,58+,68-,69-,70-,71-,72-,138?,141?,142?/m1/s1. The highest BCUT2D eigenvalue weighted by atomic mass is 32.7. The molecule has 0 radical (unpaired) electrons. The minimum Gasteiger partial charge on any atom is -0.801 e. The molecule has 13 N–H and O–H groups in total. The summed E-state index contributed by atoms with van der Waals surface area (Å²) >= 11 is 16.9. The number of aromatic nitrogens is 18. The highest BCUT2D eigenvalue weighted by Crippen LogP contribution is 2.57. The average Bonchev–Trinajstić information content (AvgIpc) is 1.61. The molecule has 28 atom stereocenters. The lowest BCUT2D eigenvalue weighted by molar-refractivity contribution is -0.238. The van der Waals surface area contributed by atoms with E-state index < -0.39 is 257 Å². The summed E-state index contributed by atoms with van der Waals surface area (Å²) in [6.45, 7) is -15.5. The number of aromatic amines is 2. The van der Waals surface area contributed by atoms with Gasteiger partial charge < -0.3 is 182 Å². The van der Waals surface area contributed by atoms with Crippen LogP contribution in [-0.2, 0) is 166 Å². The van der Waals surface area contributed by atoms with Crippen LogP contribution in [0.5, 0.6) is 0 Å². The minimum absolute atomic E-state index is 0.00503. The van der Waals surface area contributed by atoms with Crippen molar-refractivity contribution < 1.29 is 155 Å². The second-order valence-corrected chi connectivity index (χ2v) is 45.1. The lowest BCUT2D eigenvalue weighted by atomic mass is 10.1. The van der Waals surface area contributed by atoms with Gasteiger partial charge in [0.25, 0.3) is 26.8 Å². The molecule has 11 unspecified atom stereocenters. The third-order valence-corrected chi connectivity index (χ3v) is 31.0. The number of fused-ring (bicyclic) bond motifs is 3. The lowest BCUT2D eigenvalue weighted by Gasteiger charge is -2.36. The zero-order valence-electron chi connectivity index (χ0n) is 78.5. The van der Waals surface area contributed by atoms with E-state index in [1.807, 2.05) is 0 Å². The maximum Gasteiger partial charge on any atom is 0.351 e. The van der Waals surface area contributed by atoms with Crippen LogP contribution in [-0.4, -0.2) is 330 Å². The van der Waals surface area contributed by atoms with Gasteiger partial charge in [0, 0.05) is 77.3 Å². The molecule has 0 amide bonds. The first kappa shape index (κ1) is 111. The molecule has 6 aliphatic rings. The number of imidazole rings is 3. The Morgan fingerprint density at radius 1 is 0.441 bits per heavy atom. The molecule has 145 heavy (non-hydrogen) atoms. The number of nitrogen functional groups attached to an aromatic ring is 5. The van der Waals surface area contributed by atoms with E-state index in [9.17, 15) is 38.5 Å². The maximum absolute atomic E-state index is 15.7. The molecule has 0 bridgehead atoms. The van der Waals surface area contributed by atoms with Gasteiger partial charge in [0.2, 0.25) is 5.95 Å². The number of anilines is 5. The van der Waals surface area contributed by atoms with E-state index in [2.05, 4.69) is 59.8 Å². The topological polar surface area (TPSA) is 800 Å². The Morgan fingerprint density at radius 2 is 0.848 bits per heavy atom. The third-order valence-electron chi connectivity index (χ3n) is 23.7. The van der Waals surface area contributed by atoms with E-state index in [1.54, 1.807) is 11.5 Å². The number of phosphoric acid groups is 2. The molecular formula is C76H105N23O38P5S3-5. The van der Waals surface area contributed by atoms with Gasteiger partial charge in [-0.05, 0) is 46.8 Å². The number of aliphatic hydroxyl groups is 1. The summed E-state index contributed by atoms with van der Waals surface area (Å²) in [5.41, 5.74) is 26.5. The lowest BCUT2D eigenvalue weighted by Crippen LogP contribution is -2.42. The highest BCUT2D eigenvalue weighted by Gasteiger charge is 2.57. The van der Waals surface area contributed by atoms with E-state index in [0.717, 1.165) is 37.1 Å². The quantitative estimate of drug-likeness (QED) is 0.0103. The molecule has 0 aliphatic carbocycles. The Kier molecular flexibility index (Phi) is 36.6. The Labute approximate surface area is 835 Å². The van der Waals surface area contributed by atoms with Crippen LogP contribution in [0.4, 0.5) is 29.2 Å². The number of rotatable bonds is 51. The van der Waals surface area contributed by atoms with E-state index in [0.29, 0.717) is 11.2 Å². The third kappa shape index (κ3) is 25.9. The van der Waals surface area contributed by atoms with Crippen LogP contribution in [0.15, 0.2) is 74.2 Å². The zero-order chi connectivity index (χ0) is 104. The van der Waals surface area contributed by atoms with Crippen molar-refractivity contribution in [3.05, 3.63) is 119 Å². The summed E-state index contributed by atoms with van der Waals surface area (Å²) in [6.07, 6.45) is -28.5. The first-order valence-electron chi connectivity index (χ1n) is 44.3. The normalized spacial score (nSPS) is 29.2. The largest absolute Gasteiger partial charge is 0.801 e. The smallest absolute Gasteiger partial charge is 0.351 e. The molecule has 0 spiro atoms. The van der Waals surface area contributed by atoms with Crippen LogP contribution in [0.1, 0.15) is 73.8 Å². The van der Waals surface area contributed by atoms with Gasteiger partial charge in [-0.2, -0.15) is 15.0 Å². The molecule has 15 heterocycles. The molecule has 0 aromatic carbocycles. The Bertz CT molecular complexity index is 6620. The van der Waals surface area contributed by atoms with Crippen LogP contribution in [0, 0.1) is 20.8 Å². The van der Waals surface area contributed by atoms with Gasteiger partial charge in [-0.3, -0.25) is 60.7 Å². The summed E-state index contributed by atoms with van der Waals surface area (Å²) in [4.78, 5) is 174. The number of nitrogens with one attached hydrogen (secondary N) is 2. The summed E-state index contributed by atoms with van der Waals surface area (Å²) < 4.78 is 202. The molecule has 6 fully saturated rings. The first-order valence-corrected chi connectivity index (χ1v) is 55.2. The number of ether oxygens (including phenoxy) is 16. The van der Waals surface area contributed by atoms with Crippen molar-refractivity contribution in [1.82, 2.24) is 87.2 Å². The molecule has 9 aromatic rings. The van der Waals surface area contributed by atoms with Crippen molar-refractivity contribution in [1.29, 1.82) is 0 Å². The van der Waals surface area contributed by atoms with Crippen molar-refractivity contribution in [3.63, 3.8) is 0 Å². The van der Waals surface area contributed by atoms with Crippen LogP contribution >= 0.6 is 35.7 Å². The molecule has 0 saturated carbocycles. The zero-order valence-corrected chi connectivity index (χ0v) is 85.4. The number of aliphatic hydroxyl groups excluding tert-OH is 1. The van der Waals surface area contributed by atoms with Gasteiger partial charge in [0.05, 0.1) is 130 Å². The predicted molar refractivity (Wildman–Crippen MR) is 498 cm³/mol. The fourth-order valence-corrected chi connectivity index (χ4v) is 23.5. The highest BCUT2D eigenvalue weighted by molar-refractivity contribution is 8.32. The SMILES string of the molecule is COCCO[C@H]1C(O)[C@@H](COP(=O)([S-])OC2[C@@H](COP(=O)([O-])OC3[C@@H](COP([O-])(=S)OC4[C@@H](COP(=O)([O-])OC5[C@@H](CCP([O-])(=S)OC6C[C@H](n7cnc8c(N)ncnc87)O[C@@H]6C)O[C@@H](n6cc(C)c(N)nc6=O)[C@H]5OCCOC)O[C@@H](n5cnc6c(N)ncnc65)[C@H]4OCCOC)O[C@@H](n4cnc5c(=O)[nH]c(N)nc54)[C@H]3OCCOC)O[C@@H](n3cc(C)c(N)nc3=O)[C@H]2OCCOC)O[C@H]1n1cc(C)c(=O)[nH]c1=O. The summed E-state index contributed by atoms with van der Waals surface area (Å²) in [7, 11) is -5.49. The van der Waals surface area contributed by atoms with Crippen LogP contribution < -0.4 is 76.4 Å². The fraction of sp³-hybridized carbons (Fsp3) is 0.645. The fourth-order valence-electron chi connectivity index (χ4n) is 16.8. The van der Waals surface area contributed by atoms with E-state index in [4.69, 9.17) is 181 Å². The molecule has 6 saturated heterocycles. The molecule has 800 valence electrons. The van der Waals surface area contributed by atoms with Crippen molar-refractivity contribution in [3.8, 4) is 0 Å². The Balaban J connectivity index is 0.723. The maximum atomic E-state index is 15.7. The second-order valence-electron chi connectivity index (χ2n) is 33.4. The van der Waals surface area contributed by atoms with Crippen LogP contribution in [0.3, 0.4) is 0 Å². The molecule has 15 rings (SSSR count). The number of aryl methyl sites for hydroxylation is 3. The van der Waals surface area contributed by atoms with Gasteiger partial charge in [0.15, 0.2) is 72.0 Å². The number of H-pyrrole nitrogens is 2. The summed E-state index contributed by atoms with van der Waals surface area (Å²) in [6, 6.07) is 0. The number of nitrogens with zero attached hydrogens (tertiary/aromatic N) is 16.